The molecule has 2 heterocycles. The lowest BCUT2D eigenvalue weighted by Crippen LogP contribution is -2.31. The molecule has 5 heteroatoms. The second kappa shape index (κ2) is 8.86. The van der Waals surface area contributed by atoms with Crippen molar-refractivity contribution in [3.63, 3.8) is 0 Å². The van der Waals surface area contributed by atoms with Crippen molar-refractivity contribution in [3.05, 3.63) is 45.9 Å². The van der Waals surface area contributed by atoms with E-state index in [-0.39, 0.29) is 5.92 Å². The van der Waals surface area contributed by atoms with Gasteiger partial charge in [-0.3, -0.25) is 0 Å². The second-order valence-electron chi connectivity index (χ2n) is 9.32. The van der Waals surface area contributed by atoms with Crippen LogP contribution in [-0.4, -0.2) is 22.6 Å². The Balaban J connectivity index is 1.78. The lowest BCUT2D eigenvalue weighted by atomic mass is 9.76. The molecule has 0 amide bonds. The average molecular weight is 418 g/mol. The normalized spacial score (nSPS) is 21.6. The van der Waals surface area contributed by atoms with Gasteiger partial charge in [0.2, 0.25) is 0 Å². The fourth-order valence-corrected chi connectivity index (χ4v) is 5.40. The monoisotopic (exact) mass is 417 g/mol. The van der Waals surface area contributed by atoms with Crippen LogP contribution >= 0.6 is 0 Å². The van der Waals surface area contributed by atoms with Crippen LogP contribution in [0.5, 0.6) is 0 Å². The Labute approximate surface area is 186 Å². The maximum absolute atomic E-state index is 9.94. The number of aryl methyl sites for hydroxylation is 1. The van der Waals surface area contributed by atoms with Crippen molar-refractivity contribution in [1.82, 2.24) is 9.97 Å². The van der Waals surface area contributed by atoms with Gasteiger partial charge in [0.15, 0.2) is 0 Å². The first-order valence-electron chi connectivity index (χ1n) is 12.0. The molecule has 1 aliphatic carbocycles. The lowest BCUT2D eigenvalue weighted by molar-refractivity contribution is 0.552. The molecule has 5 nitrogen and oxygen atoms in total. The Morgan fingerprint density at radius 1 is 1.26 bits per heavy atom. The highest BCUT2D eigenvalue weighted by atomic mass is 15.2. The summed E-state index contributed by atoms with van der Waals surface area (Å²) in [4.78, 5) is 12.5. The van der Waals surface area contributed by atoms with Crippen LogP contribution < -0.4 is 10.6 Å². The number of benzene rings is 1. The number of nitrogen functional groups attached to an aromatic ring is 1. The molecule has 0 spiro atoms. The van der Waals surface area contributed by atoms with Crippen molar-refractivity contribution in [2.24, 2.45) is 0 Å². The molecular formula is C26H35N5. The van der Waals surface area contributed by atoms with E-state index in [0.717, 1.165) is 50.0 Å². The molecule has 0 radical (unpaired) electrons. The summed E-state index contributed by atoms with van der Waals surface area (Å²) >= 11 is 0. The molecule has 3 atom stereocenters. The van der Waals surface area contributed by atoms with Gasteiger partial charge in [-0.25, -0.2) is 9.97 Å². The van der Waals surface area contributed by atoms with E-state index >= 15 is 0 Å². The van der Waals surface area contributed by atoms with E-state index in [1.54, 1.807) is 0 Å². The Morgan fingerprint density at radius 2 is 2.06 bits per heavy atom. The van der Waals surface area contributed by atoms with Crippen LogP contribution in [0, 0.1) is 11.3 Å². The van der Waals surface area contributed by atoms with Gasteiger partial charge in [-0.1, -0.05) is 26.8 Å². The van der Waals surface area contributed by atoms with Gasteiger partial charge in [0.1, 0.15) is 17.7 Å². The van der Waals surface area contributed by atoms with Gasteiger partial charge >= 0.3 is 0 Å². The van der Waals surface area contributed by atoms with Gasteiger partial charge in [-0.2, -0.15) is 5.26 Å². The molecule has 1 saturated heterocycles. The summed E-state index contributed by atoms with van der Waals surface area (Å²) in [5, 5.41) is 9.94. The van der Waals surface area contributed by atoms with Crippen molar-refractivity contribution in [2.75, 3.05) is 17.2 Å². The predicted molar refractivity (Wildman–Crippen MR) is 126 cm³/mol. The number of hydrogen-bond donors (Lipinski definition) is 1. The van der Waals surface area contributed by atoms with E-state index < -0.39 is 0 Å². The molecule has 31 heavy (non-hydrogen) atoms. The van der Waals surface area contributed by atoms with Crippen LogP contribution in [-0.2, 0) is 19.3 Å². The molecule has 164 valence electrons. The zero-order valence-electron chi connectivity index (χ0n) is 19.4. The standard InChI is InChI=1S/C26H35N5/c1-5-16(3)19-11-12-22(28)21(15-27)25(19)18-9-10-20-23(14-18)29-24(6-2)30-26(20)31-13-7-8-17(31)4/h11-12,16-18H,5-10,13-14,28H2,1-4H3. The highest BCUT2D eigenvalue weighted by Gasteiger charge is 2.32. The molecule has 1 aromatic carbocycles. The van der Waals surface area contributed by atoms with Gasteiger partial charge in [0, 0.05) is 30.3 Å². The van der Waals surface area contributed by atoms with E-state index in [1.807, 2.05) is 6.07 Å². The summed E-state index contributed by atoms with van der Waals surface area (Å²) in [6.45, 7) is 9.98. The van der Waals surface area contributed by atoms with E-state index in [9.17, 15) is 5.26 Å². The molecule has 4 rings (SSSR count). The van der Waals surface area contributed by atoms with Crippen molar-refractivity contribution in [3.8, 4) is 6.07 Å². The maximum atomic E-state index is 9.94. The third-order valence-corrected chi connectivity index (χ3v) is 7.42. The van der Waals surface area contributed by atoms with Gasteiger partial charge in [0.05, 0.1) is 11.3 Å². The topological polar surface area (TPSA) is 78.8 Å². The third kappa shape index (κ3) is 3.89. The van der Waals surface area contributed by atoms with Gasteiger partial charge < -0.3 is 10.6 Å². The summed E-state index contributed by atoms with van der Waals surface area (Å²) in [7, 11) is 0. The Kier molecular flexibility index (Phi) is 6.18. The fraction of sp³-hybridized carbons (Fsp3) is 0.577. The van der Waals surface area contributed by atoms with Crippen LogP contribution in [0.15, 0.2) is 12.1 Å². The maximum Gasteiger partial charge on any atom is 0.136 e. The molecular weight excluding hydrogens is 382 g/mol. The van der Waals surface area contributed by atoms with Crippen molar-refractivity contribution in [1.29, 1.82) is 5.26 Å². The average Bonchev–Trinajstić information content (AvgIpc) is 3.22. The fourth-order valence-electron chi connectivity index (χ4n) is 5.40. The van der Waals surface area contributed by atoms with Crippen LogP contribution in [0.1, 0.15) is 99.0 Å². The number of nitrogens with two attached hydrogens (primary N) is 1. The molecule has 2 aromatic rings. The number of nitriles is 1. The van der Waals surface area contributed by atoms with E-state index in [1.165, 1.54) is 35.5 Å². The molecule has 2 N–H and O–H groups in total. The number of anilines is 2. The van der Waals surface area contributed by atoms with E-state index in [4.69, 9.17) is 15.7 Å². The molecule has 2 aliphatic rings. The number of fused-ring (bicyclic) bond motifs is 1. The highest BCUT2D eigenvalue weighted by molar-refractivity contribution is 5.63. The van der Waals surface area contributed by atoms with Crippen LogP contribution in [0.25, 0.3) is 0 Å². The van der Waals surface area contributed by atoms with Gasteiger partial charge in [-0.15, -0.1) is 0 Å². The summed E-state index contributed by atoms with van der Waals surface area (Å²) in [5.41, 5.74) is 12.5. The smallest absolute Gasteiger partial charge is 0.136 e. The molecule has 0 saturated carbocycles. The minimum absolute atomic E-state index is 0.276. The summed E-state index contributed by atoms with van der Waals surface area (Å²) in [6, 6.07) is 7.01. The van der Waals surface area contributed by atoms with Gasteiger partial charge in [-0.05, 0) is 74.5 Å². The Morgan fingerprint density at radius 3 is 2.71 bits per heavy atom. The molecule has 3 unspecified atom stereocenters. The zero-order chi connectivity index (χ0) is 22.1. The number of hydrogen-bond acceptors (Lipinski definition) is 5. The van der Waals surface area contributed by atoms with Crippen molar-refractivity contribution in [2.45, 2.75) is 90.5 Å². The molecule has 1 aliphatic heterocycles. The second-order valence-corrected chi connectivity index (χ2v) is 9.32. The molecule has 0 bridgehead atoms. The Bertz CT molecular complexity index is 1010. The lowest BCUT2D eigenvalue weighted by Gasteiger charge is -2.32. The van der Waals surface area contributed by atoms with E-state index in [0.29, 0.717) is 23.2 Å². The quantitative estimate of drug-likeness (QED) is 0.671. The molecule has 1 aromatic heterocycles. The largest absolute Gasteiger partial charge is 0.398 e. The first kappa shape index (κ1) is 21.6. The number of nitrogens with zero attached hydrogens (tertiary/aromatic N) is 4. The minimum Gasteiger partial charge on any atom is -0.398 e. The van der Waals surface area contributed by atoms with Gasteiger partial charge in [0.25, 0.3) is 0 Å². The number of aromatic nitrogens is 2. The summed E-state index contributed by atoms with van der Waals surface area (Å²) in [5.74, 6) is 2.78. The minimum atomic E-state index is 0.276. The van der Waals surface area contributed by atoms with E-state index in [2.05, 4.69) is 44.7 Å². The number of rotatable bonds is 5. The first-order valence-corrected chi connectivity index (χ1v) is 12.0. The predicted octanol–water partition coefficient (Wildman–Crippen LogP) is 5.27. The summed E-state index contributed by atoms with van der Waals surface area (Å²) in [6.07, 6.45) is 7.19. The SMILES string of the molecule is CCc1nc2c(c(N3CCCC3C)n1)CCC(c1c(C(C)CC)ccc(N)c1C#N)C2. The summed E-state index contributed by atoms with van der Waals surface area (Å²) < 4.78 is 0. The molecule has 1 fully saturated rings. The zero-order valence-corrected chi connectivity index (χ0v) is 19.4. The first-order chi connectivity index (χ1) is 15.0. The van der Waals surface area contributed by atoms with Crippen LogP contribution in [0.3, 0.4) is 0 Å². The van der Waals surface area contributed by atoms with Crippen molar-refractivity contribution >= 4 is 11.5 Å². The van der Waals surface area contributed by atoms with Crippen LogP contribution in [0.4, 0.5) is 11.5 Å². The van der Waals surface area contributed by atoms with Crippen molar-refractivity contribution < 1.29 is 0 Å². The highest BCUT2D eigenvalue weighted by Crippen LogP contribution is 2.42. The Hall–Kier alpha value is -2.61. The van der Waals surface area contributed by atoms with Crippen LogP contribution in [0.2, 0.25) is 0 Å². The third-order valence-electron chi connectivity index (χ3n) is 7.42.